The van der Waals surface area contributed by atoms with Crippen LogP contribution in [0.4, 0.5) is 0 Å². The largest absolute Gasteiger partial charge is 0.455 e. The molecule has 6 aromatic heterocycles. The zero-order valence-electron chi connectivity index (χ0n) is 58.1. The molecule has 108 heavy (non-hydrogen) atoms. The Morgan fingerprint density at radius 1 is 0.231 bits per heavy atom. The Hall–Kier alpha value is -14.7. The molecule has 0 amide bonds. The molecule has 0 bridgehead atoms. The van der Waals surface area contributed by atoms with E-state index in [1.54, 1.807) is 0 Å². The van der Waals surface area contributed by atoms with Crippen molar-refractivity contribution in [2.75, 3.05) is 0 Å². The fourth-order valence-corrected chi connectivity index (χ4v) is 16.7. The summed E-state index contributed by atoms with van der Waals surface area (Å²) in [6, 6.07) is 130. The van der Waals surface area contributed by atoms with Gasteiger partial charge in [0.25, 0.3) is 0 Å². The summed E-state index contributed by atoms with van der Waals surface area (Å²) in [5.41, 5.74) is 24.5. The lowest BCUT2D eigenvalue weighted by Gasteiger charge is -2.13. The summed E-state index contributed by atoms with van der Waals surface area (Å²) in [6.07, 6.45) is 0. The molecule has 0 spiro atoms. The number of nitrogens with zero attached hydrogens (tertiary/aromatic N) is 8. The molecule has 0 unspecified atom stereocenters. The molecule has 0 atom stereocenters. The highest BCUT2D eigenvalue weighted by molar-refractivity contribution is 6.28. The number of fused-ring (bicyclic) bond motifs is 16. The van der Waals surface area contributed by atoms with Crippen LogP contribution in [0.5, 0.6) is 0 Å². The quantitative estimate of drug-likeness (QED) is 0.128. The van der Waals surface area contributed by atoms with E-state index < -0.39 is 0 Å². The molecule has 0 aliphatic carbocycles. The fourth-order valence-electron chi connectivity index (χ4n) is 16.7. The van der Waals surface area contributed by atoms with Gasteiger partial charge in [0.2, 0.25) is 5.95 Å². The first kappa shape index (κ1) is 60.9. The molecule has 6 heterocycles. The second-order valence-corrected chi connectivity index (χ2v) is 27.9. The van der Waals surface area contributed by atoms with Crippen molar-refractivity contribution in [1.29, 1.82) is 0 Å². The normalized spacial score (nSPS) is 11.9. The second kappa shape index (κ2) is 24.5. The van der Waals surface area contributed by atoms with Crippen LogP contribution >= 0.6 is 0 Å². The lowest BCUT2D eigenvalue weighted by Crippen LogP contribution is -2.03. The van der Waals surface area contributed by atoms with Gasteiger partial charge in [-0.3, -0.25) is 4.57 Å². The second-order valence-electron chi connectivity index (χ2n) is 27.9. The minimum absolute atomic E-state index is 0.589. The van der Waals surface area contributed by atoms with Gasteiger partial charge in [0.05, 0.1) is 49.7 Å². The SMILES string of the molecule is c1ccc(-c2nc(-c3ccccc3)nc(-c3cccc(-c4cc5c6ccccc6n(-c6ccc(-c7cccc(-c8cccc(-c9nc(-n%10c%11ccc(-c%12ccc%13c(c%12)c%12ccccc%12n%13-c%12ccccc%12)cc%11c%11c%12ccccc%12ccc%11%10)nc%10ccccc9%10)c8)c7)cc6)c5c5c4oc4ccccc45)c3)n2)cc1. The van der Waals surface area contributed by atoms with Crippen LogP contribution in [-0.2, 0) is 0 Å². The van der Waals surface area contributed by atoms with E-state index in [9.17, 15) is 0 Å². The van der Waals surface area contributed by atoms with Gasteiger partial charge < -0.3 is 13.6 Å². The Labute approximate surface area is 619 Å². The molecule has 0 N–H and O–H groups in total. The van der Waals surface area contributed by atoms with E-state index in [0.717, 1.165) is 155 Å². The van der Waals surface area contributed by atoms with Crippen molar-refractivity contribution in [2.45, 2.75) is 0 Å². The van der Waals surface area contributed by atoms with Crippen LogP contribution in [0.15, 0.2) is 368 Å². The Morgan fingerprint density at radius 2 is 0.704 bits per heavy atom. The summed E-state index contributed by atoms with van der Waals surface area (Å²) in [5, 5.41) is 12.4. The van der Waals surface area contributed by atoms with Gasteiger partial charge in [0.1, 0.15) is 11.2 Å². The van der Waals surface area contributed by atoms with Gasteiger partial charge in [-0.1, -0.05) is 261 Å². The van der Waals surface area contributed by atoms with Crippen LogP contribution in [0.2, 0.25) is 0 Å². The van der Waals surface area contributed by atoms with Crippen LogP contribution in [-0.4, -0.2) is 38.6 Å². The Morgan fingerprint density at radius 3 is 1.42 bits per heavy atom. The van der Waals surface area contributed by atoms with Crippen molar-refractivity contribution in [3.8, 4) is 107 Å². The van der Waals surface area contributed by atoms with Crippen LogP contribution in [0.25, 0.3) is 216 Å². The highest BCUT2D eigenvalue weighted by atomic mass is 16.3. The van der Waals surface area contributed by atoms with E-state index in [1.165, 1.54) is 38.0 Å². The Balaban J connectivity index is 0.622. The monoisotopic (exact) mass is 1380 g/mol. The van der Waals surface area contributed by atoms with Gasteiger partial charge in [-0.15, -0.1) is 0 Å². The molecule has 9 heteroatoms. The molecule has 22 rings (SSSR count). The number of furan rings is 1. The predicted molar refractivity (Wildman–Crippen MR) is 444 cm³/mol. The number of rotatable bonds is 11. The molecule has 16 aromatic carbocycles. The van der Waals surface area contributed by atoms with Crippen LogP contribution in [0.3, 0.4) is 0 Å². The van der Waals surface area contributed by atoms with E-state index >= 15 is 0 Å². The van der Waals surface area contributed by atoms with Crippen molar-refractivity contribution in [3.05, 3.63) is 364 Å². The van der Waals surface area contributed by atoms with Crippen molar-refractivity contribution >= 4 is 109 Å². The number of para-hydroxylation sites is 5. The van der Waals surface area contributed by atoms with Crippen molar-refractivity contribution in [1.82, 2.24) is 38.6 Å². The molecule has 0 aliphatic rings. The summed E-state index contributed by atoms with van der Waals surface area (Å²) < 4.78 is 14.1. The molecule has 502 valence electrons. The summed E-state index contributed by atoms with van der Waals surface area (Å²) in [4.78, 5) is 26.3. The first-order valence-corrected chi connectivity index (χ1v) is 36.5. The standard InChI is InChI=1S/C99H60N8O/c1-4-24-63(25-5-1)96-102-97(64-26-6-2-7-27-64)104-98(103-96)72-33-22-31-70(57-72)80-60-82-77-38-14-18-43-86(77)106(94(82)92-79-40-15-19-44-90(79)108-95(80)92)74-50-45-61(46-51-74)65-28-20-29-66(55-65)67-30-21-32-71(56-67)93-78-39-12-16-41-84(78)100-99(101-93)107-88-53-49-69(59-83(88)91-75-36-11-10-23-62(75)47-54-89(91)107)68-48-52-87-81(58-68)76-37-13-17-42-85(76)105(87)73-34-8-3-9-35-73/h1-60H. The van der Waals surface area contributed by atoms with Crippen molar-refractivity contribution in [2.24, 2.45) is 0 Å². The number of benzene rings is 16. The summed E-state index contributed by atoms with van der Waals surface area (Å²) in [7, 11) is 0. The van der Waals surface area contributed by atoms with Gasteiger partial charge in [-0.05, 0) is 153 Å². The van der Waals surface area contributed by atoms with E-state index in [2.05, 4.69) is 311 Å². The third-order valence-corrected chi connectivity index (χ3v) is 21.7. The fraction of sp³-hybridized carbons (Fsp3) is 0. The lowest BCUT2D eigenvalue weighted by atomic mass is 9.96. The third kappa shape index (κ3) is 9.83. The van der Waals surface area contributed by atoms with Crippen molar-refractivity contribution in [3.63, 3.8) is 0 Å². The average molecular weight is 1380 g/mol. The number of hydrogen-bond acceptors (Lipinski definition) is 6. The van der Waals surface area contributed by atoms with E-state index in [0.29, 0.717) is 23.4 Å². The summed E-state index contributed by atoms with van der Waals surface area (Å²) in [5.74, 6) is 2.43. The van der Waals surface area contributed by atoms with E-state index in [-0.39, 0.29) is 0 Å². The predicted octanol–water partition coefficient (Wildman–Crippen LogP) is 25.5. The van der Waals surface area contributed by atoms with Gasteiger partial charge in [0, 0.05) is 82.3 Å². The average Bonchev–Trinajstić information content (AvgIpc) is 1.57. The maximum atomic E-state index is 7.05. The Kier molecular flexibility index (Phi) is 13.8. The maximum Gasteiger partial charge on any atom is 0.235 e. The van der Waals surface area contributed by atoms with Crippen molar-refractivity contribution < 1.29 is 4.42 Å². The first-order chi connectivity index (χ1) is 53.5. The van der Waals surface area contributed by atoms with Gasteiger partial charge in [0.15, 0.2) is 17.5 Å². The molecule has 0 fully saturated rings. The molecule has 0 aliphatic heterocycles. The highest BCUT2D eigenvalue weighted by Crippen LogP contribution is 2.48. The molecule has 0 saturated carbocycles. The molecule has 22 aromatic rings. The van der Waals surface area contributed by atoms with Gasteiger partial charge >= 0.3 is 0 Å². The first-order valence-electron chi connectivity index (χ1n) is 36.5. The molecule has 0 radical (unpaired) electrons. The molecular formula is C99H60N8O. The molecular weight excluding hydrogens is 1320 g/mol. The highest BCUT2D eigenvalue weighted by Gasteiger charge is 2.26. The van der Waals surface area contributed by atoms with Crippen LogP contribution in [0, 0.1) is 0 Å². The zero-order valence-corrected chi connectivity index (χ0v) is 58.1. The molecule has 0 saturated heterocycles. The maximum absolute atomic E-state index is 7.05. The third-order valence-electron chi connectivity index (χ3n) is 21.7. The van der Waals surface area contributed by atoms with Gasteiger partial charge in [-0.25, -0.2) is 24.9 Å². The van der Waals surface area contributed by atoms with E-state index in [1.807, 2.05) is 66.7 Å². The summed E-state index contributed by atoms with van der Waals surface area (Å²) >= 11 is 0. The zero-order chi connectivity index (χ0) is 70.9. The number of hydrogen-bond donors (Lipinski definition) is 0. The van der Waals surface area contributed by atoms with Crippen LogP contribution < -0.4 is 0 Å². The smallest absolute Gasteiger partial charge is 0.235 e. The molecule has 9 nitrogen and oxygen atoms in total. The summed E-state index contributed by atoms with van der Waals surface area (Å²) in [6.45, 7) is 0. The minimum atomic E-state index is 0.589. The van der Waals surface area contributed by atoms with E-state index in [4.69, 9.17) is 29.3 Å². The lowest BCUT2D eigenvalue weighted by molar-refractivity contribution is 0.670. The number of aromatic nitrogens is 8. The Bertz CT molecular complexity index is 7360. The minimum Gasteiger partial charge on any atom is -0.455 e. The topological polar surface area (TPSA) is 92.4 Å². The van der Waals surface area contributed by atoms with Crippen LogP contribution in [0.1, 0.15) is 0 Å². The van der Waals surface area contributed by atoms with Gasteiger partial charge in [-0.2, -0.15) is 0 Å².